The lowest BCUT2D eigenvalue weighted by Gasteiger charge is -2.05. The molecule has 0 aliphatic rings. The number of unbranched alkanes of at least 4 members (excludes halogenated alkanes) is 5. The molecule has 0 saturated carbocycles. The number of hydrogen-bond donors (Lipinski definition) is 2. The maximum atomic E-state index is 11.8. The van der Waals surface area contributed by atoms with Crippen molar-refractivity contribution in [1.82, 2.24) is 0 Å². The molecule has 0 spiro atoms. The lowest BCUT2D eigenvalue weighted by atomic mass is 10.1. The minimum absolute atomic E-state index is 0.0884. The first kappa shape index (κ1) is 25.0. The van der Waals surface area contributed by atoms with E-state index in [1.807, 2.05) is 0 Å². The number of carbonyl (C=O) groups is 2. The Morgan fingerprint density at radius 2 is 1.06 bits per heavy atom. The van der Waals surface area contributed by atoms with E-state index >= 15 is 0 Å². The first-order valence-electron chi connectivity index (χ1n) is 10.3. The third-order valence-electron chi connectivity index (χ3n) is 4.48. The lowest BCUT2D eigenvalue weighted by molar-refractivity contribution is -0.135. The summed E-state index contributed by atoms with van der Waals surface area (Å²) in [5.74, 6) is -1.31. The molecule has 0 bridgehead atoms. The second-order valence-electron chi connectivity index (χ2n) is 7.04. The van der Waals surface area contributed by atoms with Crippen LogP contribution in [-0.4, -0.2) is 22.2 Å². The van der Waals surface area contributed by atoms with Crippen LogP contribution in [0.2, 0.25) is 0 Å². The van der Waals surface area contributed by atoms with E-state index in [1.54, 1.807) is 0 Å². The van der Waals surface area contributed by atoms with Gasteiger partial charge in [0.1, 0.15) is 37.3 Å². The molecule has 2 heterocycles. The van der Waals surface area contributed by atoms with Crippen molar-refractivity contribution in [3.8, 4) is 11.5 Å². The highest BCUT2D eigenvalue weighted by Crippen LogP contribution is 2.12. The summed E-state index contributed by atoms with van der Waals surface area (Å²) < 4.78 is 19.8. The summed E-state index contributed by atoms with van der Waals surface area (Å²) in [5.41, 5.74) is -1.06. The minimum atomic E-state index is -0.534. The van der Waals surface area contributed by atoms with Crippen molar-refractivity contribution < 1.29 is 38.1 Å². The van der Waals surface area contributed by atoms with Gasteiger partial charge in [-0.05, 0) is 12.8 Å². The number of carbonyl (C=O) groups excluding carboxylic acids is 2. The summed E-state index contributed by atoms with van der Waals surface area (Å²) in [6.07, 6.45) is 6.83. The Balaban J connectivity index is 1.54. The Morgan fingerprint density at radius 1 is 0.688 bits per heavy atom. The SMILES string of the molecule is O=C(CCCCCCCCC(=O)Oc1coc(CO)cc1=O)Oc1coc(CO)cc1=O. The molecule has 0 atom stereocenters. The molecule has 10 nitrogen and oxygen atoms in total. The van der Waals surface area contributed by atoms with E-state index in [4.69, 9.17) is 28.5 Å². The zero-order valence-corrected chi connectivity index (χ0v) is 17.5. The first-order chi connectivity index (χ1) is 15.4. The highest BCUT2D eigenvalue weighted by molar-refractivity contribution is 5.72. The van der Waals surface area contributed by atoms with Crippen LogP contribution < -0.4 is 20.3 Å². The largest absolute Gasteiger partial charge is 0.463 e. The third-order valence-corrected chi connectivity index (χ3v) is 4.48. The van der Waals surface area contributed by atoms with E-state index in [0.717, 1.165) is 50.3 Å². The molecule has 10 heteroatoms. The van der Waals surface area contributed by atoms with Gasteiger partial charge in [0.15, 0.2) is 0 Å². The van der Waals surface area contributed by atoms with Crippen molar-refractivity contribution in [2.75, 3.05) is 0 Å². The van der Waals surface area contributed by atoms with Crippen LogP contribution in [0.3, 0.4) is 0 Å². The molecule has 2 rings (SSSR count). The molecule has 0 fully saturated rings. The minimum Gasteiger partial charge on any atom is -0.463 e. The first-order valence-corrected chi connectivity index (χ1v) is 10.3. The van der Waals surface area contributed by atoms with Gasteiger partial charge in [0.25, 0.3) is 0 Å². The number of ether oxygens (including phenoxy) is 2. The number of aliphatic hydroxyl groups excluding tert-OH is 2. The number of aliphatic hydroxyl groups is 2. The molecule has 2 aromatic rings. The number of rotatable bonds is 13. The van der Waals surface area contributed by atoms with E-state index < -0.39 is 36.0 Å². The fraction of sp³-hybridized carbons (Fsp3) is 0.455. The van der Waals surface area contributed by atoms with Crippen LogP contribution >= 0.6 is 0 Å². The van der Waals surface area contributed by atoms with E-state index in [2.05, 4.69) is 0 Å². The fourth-order valence-corrected chi connectivity index (χ4v) is 2.78. The van der Waals surface area contributed by atoms with E-state index in [1.165, 1.54) is 0 Å². The number of esters is 2. The molecule has 2 N–H and O–H groups in total. The van der Waals surface area contributed by atoms with Gasteiger partial charge in [0.2, 0.25) is 22.4 Å². The normalized spacial score (nSPS) is 10.7. The zero-order valence-electron chi connectivity index (χ0n) is 17.5. The predicted molar refractivity (Wildman–Crippen MR) is 110 cm³/mol. The molecule has 0 radical (unpaired) electrons. The summed E-state index contributed by atoms with van der Waals surface area (Å²) in [6, 6.07) is 2.14. The second-order valence-corrected chi connectivity index (χ2v) is 7.04. The molecule has 0 amide bonds. The molecule has 0 aliphatic carbocycles. The molecule has 0 aliphatic heterocycles. The van der Waals surface area contributed by atoms with Crippen molar-refractivity contribution in [3.05, 3.63) is 56.6 Å². The molecule has 2 aromatic heterocycles. The highest BCUT2D eigenvalue weighted by atomic mass is 16.5. The molecule has 0 aromatic carbocycles. The fourth-order valence-electron chi connectivity index (χ4n) is 2.78. The average Bonchev–Trinajstić information content (AvgIpc) is 2.78. The maximum Gasteiger partial charge on any atom is 0.311 e. The van der Waals surface area contributed by atoms with Gasteiger partial charge in [-0.1, -0.05) is 25.7 Å². The van der Waals surface area contributed by atoms with Crippen LogP contribution in [0, 0.1) is 0 Å². The van der Waals surface area contributed by atoms with Crippen molar-refractivity contribution in [1.29, 1.82) is 0 Å². The molecule has 0 unspecified atom stereocenters. The molecular formula is C22H26O10. The topological polar surface area (TPSA) is 153 Å². The van der Waals surface area contributed by atoms with Crippen LogP contribution in [0.5, 0.6) is 11.5 Å². The zero-order chi connectivity index (χ0) is 23.3. The smallest absolute Gasteiger partial charge is 0.311 e. The Hall–Kier alpha value is -3.24. The van der Waals surface area contributed by atoms with Crippen molar-refractivity contribution in [2.45, 2.75) is 64.6 Å². The Kier molecular flexibility index (Phi) is 10.3. The van der Waals surface area contributed by atoms with Gasteiger partial charge in [-0.2, -0.15) is 0 Å². The third kappa shape index (κ3) is 8.48. The van der Waals surface area contributed by atoms with Gasteiger partial charge in [-0.3, -0.25) is 19.2 Å². The van der Waals surface area contributed by atoms with Crippen LogP contribution in [0.25, 0.3) is 0 Å². The van der Waals surface area contributed by atoms with Gasteiger partial charge in [-0.15, -0.1) is 0 Å². The molecule has 174 valence electrons. The second kappa shape index (κ2) is 13.2. The van der Waals surface area contributed by atoms with Crippen molar-refractivity contribution in [3.63, 3.8) is 0 Å². The summed E-state index contributed by atoms with van der Waals surface area (Å²) in [5, 5.41) is 17.8. The lowest BCUT2D eigenvalue weighted by Crippen LogP contribution is -2.14. The Morgan fingerprint density at radius 3 is 1.41 bits per heavy atom. The summed E-state index contributed by atoms with van der Waals surface area (Å²) in [6.45, 7) is -0.831. The van der Waals surface area contributed by atoms with E-state index in [9.17, 15) is 19.2 Å². The standard InChI is InChI=1S/C22H26O10/c23-11-15-9-17(25)19(13-29-15)31-21(27)7-5-3-1-2-4-6-8-22(28)32-20-14-30-16(12-24)10-18(20)26/h9-10,13-14,23-24H,1-8,11-12H2. The van der Waals surface area contributed by atoms with Gasteiger partial charge in [0, 0.05) is 25.0 Å². The maximum absolute atomic E-state index is 11.8. The number of hydrogen-bond acceptors (Lipinski definition) is 10. The van der Waals surface area contributed by atoms with E-state index in [0.29, 0.717) is 12.8 Å². The average molecular weight is 450 g/mol. The van der Waals surface area contributed by atoms with Crippen LogP contribution in [0.4, 0.5) is 0 Å². The molecule has 32 heavy (non-hydrogen) atoms. The van der Waals surface area contributed by atoms with Gasteiger partial charge < -0.3 is 28.5 Å². The Bertz CT molecular complexity index is 923. The molecular weight excluding hydrogens is 424 g/mol. The van der Waals surface area contributed by atoms with Gasteiger partial charge in [0.05, 0.1) is 0 Å². The monoisotopic (exact) mass is 450 g/mol. The summed E-state index contributed by atoms with van der Waals surface area (Å²) in [4.78, 5) is 47.0. The predicted octanol–water partition coefficient (Wildman–Crippen LogP) is 2.21. The van der Waals surface area contributed by atoms with Crippen molar-refractivity contribution >= 4 is 11.9 Å². The van der Waals surface area contributed by atoms with Crippen LogP contribution in [0.15, 0.2) is 43.1 Å². The van der Waals surface area contributed by atoms with Crippen molar-refractivity contribution in [2.24, 2.45) is 0 Å². The summed E-state index contributed by atoms with van der Waals surface area (Å²) in [7, 11) is 0. The quantitative estimate of drug-likeness (QED) is 0.343. The molecule has 0 saturated heterocycles. The van der Waals surface area contributed by atoms with Gasteiger partial charge in [-0.25, -0.2) is 0 Å². The van der Waals surface area contributed by atoms with Gasteiger partial charge >= 0.3 is 11.9 Å². The Labute approximate surface area is 183 Å². The van der Waals surface area contributed by atoms with Crippen LogP contribution in [0.1, 0.15) is 62.9 Å². The summed E-state index contributed by atoms with van der Waals surface area (Å²) >= 11 is 0. The van der Waals surface area contributed by atoms with Crippen LogP contribution in [-0.2, 0) is 22.8 Å². The van der Waals surface area contributed by atoms with E-state index in [-0.39, 0.29) is 35.9 Å². The highest BCUT2D eigenvalue weighted by Gasteiger charge is 2.11.